The molecule has 0 aliphatic carbocycles. The van der Waals surface area contributed by atoms with Crippen molar-refractivity contribution in [3.63, 3.8) is 0 Å². The van der Waals surface area contributed by atoms with Gasteiger partial charge in [-0.1, -0.05) is 6.42 Å². The lowest BCUT2D eigenvalue weighted by molar-refractivity contribution is -0.138. The average Bonchev–Trinajstić information content (AvgIpc) is 2.17. The summed E-state index contributed by atoms with van der Waals surface area (Å²) in [6.45, 7) is 2.05. The van der Waals surface area contributed by atoms with E-state index in [1.54, 1.807) is 6.92 Å². The van der Waals surface area contributed by atoms with Crippen LogP contribution in [-0.2, 0) is 14.8 Å². The Bertz CT molecular complexity index is 325. The smallest absolute Gasteiger partial charge is 0.304 e. The van der Waals surface area contributed by atoms with Crippen molar-refractivity contribution in [1.29, 1.82) is 0 Å². The first kappa shape index (κ1) is 12.4. The number of carbonyl (C=O) groups is 1. The minimum Gasteiger partial charge on any atom is -0.481 e. The molecule has 1 atom stereocenters. The van der Waals surface area contributed by atoms with Crippen molar-refractivity contribution in [2.24, 2.45) is 0 Å². The van der Waals surface area contributed by atoms with E-state index in [9.17, 15) is 13.2 Å². The first-order chi connectivity index (χ1) is 6.97. The monoisotopic (exact) mass is 235 g/mol. The van der Waals surface area contributed by atoms with Crippen LogP contribution in [0.15, 0.2) is 0 Å². The second-order valence-corrected chi connectivity index (χ2v) is 5.97. The van der Waals surface area contributed by atoms with Crippen LogP contribution in [0.1, 0.15) is 32.6 Å². The SMILES string of the molecule is CCS(=O)(=O)N1CCCCC1CC(=O)O. The minimum absolute atomic E-state index is 0.0448. The zero-order chi connectivity index (χ0) is 11.5. The van der Waals surface area contributed by atoms with Crippen molar-refractivity contribution in [3.05, 3.63) is 0 Å². The van der Waals surface area contributed by atoms with E-state index >= 15 is 0 Å². The molecule has 0 bridgehead atoms. The Labute approximate surface area is 90.1 Å². The quantitative estimate of drug-likeness (QED) is 0.777. The lowest BCUT2D eigenvalue weighted by atomic mass is 10.0. The molecule has 1 fully saturated rings. The molecular formula is C9H17NO4S. The summed E-state index contributed by atoms with van der Waals surface area (Å²) in [6, 6.07) is -0.346. The normalized spacial score (nSPS) is 23.9. The molecule has 1 rings (SSSR count). The highest BCUT2D eigenvalue weighted by atomic mass is 32.2. The molecule has 0 radical (unpaired) electrons. The summed E-state index contributed by atoms with van der Waals surface area (Å²) < 4.78 is 24.7. The van der Waals surface area contributed by atoms with E-state index in [-0.39, 0.29) is 18.2 Å². The first-order valence-electron chi connectivity index (χ1n) is 5.18. The van der Waals surface area contributed by atoms with Gasteiger partial charge >= 0.3 is 5.97 Å². The number of rotatable bonds is 4. The zero-order valence-corrected chi connectivity index (χ0v) is 9.66. The molecule has 0 aromatic carbocycles. The summed E-state index contributed by atoms with van der Waals surface area (Å²) in [6.07, 6.45) is 2.31. The van der Waals surface area contributed by atoms with E-state index in [2.05, 4.69) is 0 Å². The molecule has 6 heteroatoms. The highest BCUT2D eigenvalue weighted by molar-refractivity contribution is 7.89. The molecule has 0 amide bonds. The van der Waals surface area contributed by atoms with Crippen LogP contribution in [0.25, 0.3) is 0 Å². The van der Waals surface area contributed by atoms with Crippen LogP contribution in [0.4, 0.5) is 0 Å². The molecule has 1 heterocycles. The predicted octanol–water partition coefficient (Wildman–Crippen LogP) is 0.665. The van der Waals surface area contributed by atoms with Crippen molar-refractivity contribution in [3.8, 4) is 0 Å². The van der Waals surface area contributed by atoms with Crippen molar-refractivity contribution >= 4 is 16.0 Å². The van der Waals surface area contributed by atoms with Crippen LogP contribution in [-0.4, -0.2) is 42.1 Å². The van der Waals surface area contributed by atoms with Crippen molar-refractivity contribution < 1.29 is 18.3 Å². The summed E-state index contributed by atoms with van der Waals surface area (Å²) >= 11 is 0. The fraction of sp³-hybridized carbons (Fsp3) is 0.889. The maximum atomic E-state index is 11.7. The molecule has 5 nitrogen and oxygen atoms in total. The van der Waals surface area contributed by atoms with Gasteiger partial charge in [-0.25, -0.2) is 8.42 Å². The van der Waals surface area contributed by atoms with E-state index in [1.165, 1.54) is 4.31 Å². The van der Waals surface area contributed by atoms with Gasteiger partial charge in [-0.05, 0) is 19.8 Å². The van der Waals surface area contributed by atoms with Gasteiger partial charge in [-0.3, -0.25) is 4.79 Å². The van der Waals surface area contributed by atoms with Crippen molar-refractivity contribution in [1.82, 2.24) is 4.31 Å². The van der Waals surface area contributed by atoms with E-state index in [0.29, 0.717) is 13.0 Å². The second-order valence-electron chi connectivity index (χ2n) is 3.76. The molecule has 0 spiro atoms. The molecule has 1 saturated heterocycles. The molecule has 88 valence electrons. The van der Waals surface area contributed by atoms with Gasteiger partial charge in [0.2, 0.25) is 10.0 Å². The topological polar surface area (TPSA) is 74.7 Å². The van der Waals surface area contributed by atoms with Gasteiger partial charge in [-0.15, -0.1) is 0 Å². The molecule has 1 N–H and O–H groups in total. The third kappa shape index (κ3) is 3.17. The molecule has 1 unspecified atom stereocenters. The Balaban J connectivity index is 2.78. The number of sulfonamides is 1. The summed E-state index contributed by atoms with van der Waals surface area (Å²) in [7, 11) is -3.25. The maximum absolute atomic E-state index is 11.7. The fourth-order valence-corrected chi connectivity index (χ4v) is 3.28. The van der Waals surface area contributed by atoms with E-state index in [1.807, 2.05) is 0 Å². The third-order valence-electron chi connectivity index (χ3n) is 2.71. The van der Waals surface area contributed by atoms with E-state index < -0.39 is 16.0 Å². The molecule has 1 aliphatic rings. The van der Waals surface area contributed by atoms with Crippen molar-refractivity contribution in [2.45, 2.75) is 38.6 Å². The van der Waals surface area contributed by atoms with Crippen LogP contribution in [0.2, 0.25) is 0 Å². The van der Waals surface area contributed by atoms with Gasteiger partial charge in [0.25, 0.3) is 0 Å². The molecule has 1 aliphatic heterocycles. The largest absolute Gasteiger partial charge is 0.481 e. The molecule has 15 heavy (non-hydrogen) atoms. The van der Waals surface area contributed by atoms with Crippen molar-refractivity contribution in [2.75, 3.05) is 12.3 Å². The number of carboxylic acids is 1. The Kier molecular flexibility index (Phi) is 4.10. The number of carboxylic acid groups (broad SMARTS) is 1. The molecule has 0 aromatic heterocycles. The van der Waals surface area contributed by atoms with Crippen LogP contribution in [0.3, 0.4) is 0 Å². The van der Waals surface area contributed by atoms with Gasteiger partial charge in [0.15, 0.2) is 0 Å². The van der Waals surface area contributed by atoms with Gasteiger partial charge in [-0.2, -0.15) is 4.31 Å². The molecule has 0 aromatic rings. The molecular weight excluding hydrogens is 218 g/mol. The second kappa shape index (κ2) is 4.94. The standard InChI is InChI=1S/C9H17NO4S/c1-2-15(13,14)10-6-4-3-5-8(10)7-9(11)12/h8H,2-7H2,1H3,(H,11,12). The Hall–Kier alpha value is -0.620. The lowest BCUT2D eigenvalue weighted by Crippen LogP contribution is -2.45. The maximum Gasteiger partial charge on any atom is 0.304 e. The van der Waals surface area contributed by atoms with E-state index in [4.69, 9.17) is 5.11 Å². The summed E-state index contributed by atoms with van der Waals surface area (Å²) in [5, 5.41) is 8.70. The molecule has 0 saturated carbocycles. The number of nitrogens with zero attached hydrogens (tertiary/aromatic N) is 1. The van der Waals surface area contributed by atoms with Crippen LogP contribution in [0.5, 0.6) is 0 Å². The summed E-state index contributed by atoms with van der Waals surface area (Å²) in [5.74, 6) is -0.887. The third-order valence-corrected chi connectivity index (χ3v) is 4.63. The van der Waals surface area contributed by atoms with Crippen LogP contribution < -0.4 is 0 Å². The average molecular weight is 235 g/mol. The van der Waals surface area contributed by atoms with Crippen LogP contribution >= 0.6 is 0 Å². The summed E-state index contributed by atoms with van der Waals surface area (Å²) in [5.41, 5.74) is 0. The number of aliphatic carboxylic acids is 1. The lowest BCUT2D eigenvalue weighted by Gasteiger charge is -2.33. The Morgan fingerprint density at radius 2 is 2.13 bits per heavy atom. The number of piperidine rings is 1. The fourth-order valence-electron chi connectivity index (χ4n) is 1.91. The van der Waals surface area contributed by atoms with Crippen LogP contribution in [0, 0.1) is 0 Å². The van der Waals surface area contributed by atoms with E-state index in [0.717, 1.165) is 12.8 Å². The highest BCUT2D eigenvalue weighted by Gasteiger charge is 2.32. The zero-order valence-electron chi connectivity index (χ0n) is 8.85. The number of hydrogen-bond donors (Lipinski definition) is 1. The van der Waals surface area contributed by atoms with Gasteiger partial charge in [0.05, 0.1) is 12.2 Å². The van der Waals surface area contributed by atoms with Gasteiger partial charge in [0.1, 0.15) is 0 Å². The predicted molar refractivity (Wildman–Crippen MR) is 56.1 cm³/mol. The Morgan fingerprint density at radius 3 is 2.67 bits per heavy atom. The minimum atomic E-state index is -3.25. The first-order valence-corrected chi connectivity index (χ1v) is 6.79. The van der Waals surface area contributed by atoms with Gasteiger partial charge in [0, 0.05) is 12.6 Å². The number of hydrogen-bond acceptors (Lipinski definition) is 3. The van der Waals surface area contributed by atoms with Gasteiger partial charge < -0.3 is 5.11 Å². The highest BCUT2D eigenvalue weighted by Crippen LogP contribution is 2.22. The Morgan fingerprint density at radius 1 is 1.47 bits per heavy atom. The summed E-state index contributed by atoms with van der Waals surface area (Å²) in [4.78, 5) is 10.6.